The Kier molecular flexibility index (Phi) is 23.2. The molecule has 1 heterocycles. The number of nitrogens with one attached hydrogen (secondary N) is 1. The van der Waals surface area contributed by atoms with Crippen molar-refractivity contribution < 1.29 is 57.3 Å². The number of anilines is 1. The molecule has 2 rings (SSSR count). The van der Waals surface area contributed by atoms with Crippen LogP contribution in [-0.2, 0) is 73.7 Å². The summed E-state index contributed by atoms with van der Waals surface area (Å²) in [5.74, 6) is 0. The minimum Gasteiger partial charge on any atom is -0.450 e. The van der Waals surface area contributed by atoms with Crippen LogP contribution in [0.1, 0.15) is 16.8 Å². The quantitative estimate of drug-likeness (QED) is 0.0889. The maximum atomic E-state index is 10.8. The highest BCUT2D eigenvalue weighted by Crippen LogP contribution is 2.18. The van der Waals surface area contributed by atoms with Gasteiger partial charge in [0.05, 0.1) is 125 Å². The van der Waals surface area contributed by atoms with Gasteiger partial charge < -0.3 is 57.8 Å². The van der Waals surface area contributed by atoms with Crippen LogP contribution in [0.25, 0.3) is 0 Å². The van der Waals surface area contributed by atoms with Crippen molar-refractivity contribution in [2.75, 3.05) is 119 Å². The first-order valence-corrected chi connectivity index (χ1v) is 15.3. The molecular formula is C30H50N4O12. The monoisotopic (exact) mass is 658 g/mol. The molecule has 0 atom stereocenters. The summed E-state index contributed by atoms with van der Waals surface area (Å²) in [6, 6.07) is 5.55. The molecule has 16 nitrogen and oxygen atoms in total. The van der Waals surface area contributed by atoms with Crippen molar-refractivity contribution in [3.05, 3.63) is 41.2 Å². The average molecular weight is 659 g/mol. The normalized spacial score (nSPS) is 11.3. The van der Waals surface area contributed by atoms with Crippen LogP contribution in [-0.4, -0.2) is 140 Å². The first kappa shape index (κ1) is 39.2. The summed E-state index contributed by atoms with van der Waals surface area (Å²) >= 11 is 0. The lowest BCUT2D eigenvalue weighted by molar-refractivity contribution is -0.0223. The first-order valence-electron chi connectivity index (χ1n) is 15.3. The standard InChI is InChI=1S/C30H50N4O12/c1-31-28-4-3-26(24-46-30(35)36)27(21-28)23-45-25-29-22-34(33-32-29)5-6-38-9-10-40-13-14-42-17-18-44-20-19-43-16-15-41-12-11-39-8-7-37-2/h3-4,21-22,31H,5-20,23-25H2,1-2H3,(H,35,36). The van der Waals surface area contributed by atoms with E-state index in [0.29, 0.717) is 111 Å². The van der Waals surface area contributed by atoms with Crippen molar-refractivity contribution in [1.29, 1.82) is 0 Å². The number of rotatable bonds is 31. The third kappa shape index (κ3) is 20.2. The van der Waals surface area contributed by atoms with Crippen LogP contribution in [0.2, 0.25) is 0 Å². The van der Waals surface area contributed by atoms with Gasteiger partial charge in [-0.05, 0) is 23.3 Å². The molecular weight excluding hydrogens is 608 g/mol. The highest BCUT2D eigenvalue weighted by molar-refractivity contribution is 5.57. The summed E-state index contributed by atoms with van der Waals surface area (Å²) in [5, 5.41) is 20.1. The van der Waals surface area contributed by atoms with Crippen LogP contribution in [0.5, 0.6) is 0 Å². The highest BCUT2D eigenvalue weighted by Gasteiger charge is 2.09. The van der Waals surface area contributed by atoms with Crippen LogP contribution in [0.3, 0.4) is 0 Å². The van der Waals surface area contributed by atoms with Gasteiger partial charge in [0.15, 0.2) is 0 Å². The van der Waals surface area contributed by atoms with Gasteiger partial charge in [-0.15, -0.1) is 5.10 Å². The highest BCUT2D eigenvalue weighted by atomic mass is 16.7. The van der Waals surface area contributed by atoms with E-state index in [1.54, 1.807) is 25.0 Å². The van der Waals surface area contributed by atoms with Crippen molar-refractivity contribution in [1.82, 2.24) is 15.0 Å². The number of methoxy groups -OCH3 is 1. The molecule has 0 saturated carbocycles. The molecule has 46 heavy (non-hydrogen) atoms. The topological polar surface area (TPSA) is 172 Å². The van der Waals surface area contributed by atoms with E-state index in [2.05, 4.69) is 15.6 Å². The number of carbonyl (C=O) groups is 1. The van der Waals surface area contributed by atoms with Gasteiger partial charge >= 0.3 is 6.16 Å². The van der Waals surface area contributed by atoms with Gasteiger partial charge in [0, 0.05) is 19.8 Å². The predicted molar refractivity (Wildman–Crippen MR) is 165 cm³/mol. The summed E-state index contributed by atoms with van der Waals surface area (Å²) < 4.78 is 55.3. The molecule has 0 aliphatic rings. The second kappa shape index (κ2) is 27.2. The molecule has 0 spiro atoms. The number of hydrogen-bond donors (Lipinski definition) is 2. The molecule has 0 aliphatic heterocycles. The Hall–Kier alpha value is -2.93. The van der Waals surface area contributed by atoms with Crippen LogP contribution >= 0.6 is 0 Å². The molecule has 0 fully saturated rings. The lowest BCUT2D eigenvalue weighted by Crippen LogP contribution is -2.15. The molecule has 1 aromatic carbocycles. The van der Waals surface area contributed by atoms with E-state index in [4.69, 9.17) is 52.5 Å². The Balaban J connectivity index is 1.37. The summed E-state index contributed by atoms with van der Waals surface area (Å²) in [6.45, 7) is 8.63. The Morgan fingerprint density at radius 3 is 1.72 bits per heavy atom. The van der Waals surface area contributed by atoms with Gasteiger partial charge in [-0.25, -0.2) is 9.48 Å². The molecule has 1 aromatic heterocycles. The van der Waals surface area contributed by atoms with Crippen molar-refractivity contribution in [3.8, 4) is 0 Å². The smallest absolute Gasteiger partial charge is 0.450 e. The molecule has 0 unspecified atom stereocenters. The maximum absolute atomic E-state index is 10.8. The van der Waals surface area contributed by atoms with Crippen LogP contribution in [0.4, 0.5) is 10.5 Å². The van der Waals surface area contributed by atoms with E-state index in [1.165, 1.54) is 0 Å². The van der Waals surface area contributed by atoms with Gasteiger partial charge in [0.25, 0.3) is 0 Å². The number of nitrogens with zero attached hydrogens (tertiary/aromatic N) is 3. The molecule has 0 radical (unpaired) electrons. The second-order valence-corrected chi connectivity index (χ2v) is 9.53. The largest absolute Gasteiger partial charge is 0.506 e. The van der Waals surface area contributed by atoms with Gasteiger partial charge in [-0.2, -0.15) is 0 Å². The molecule has 0 saturated heterocycles. The van der Waals surface area contributed by atoms with Crippen LogP contribution in [0.15, 0.2) is 24.4 Å². The van der Waals surface area contributed by atoms with E-state index in [0.717, 1.165) is 16.8 Å². The summed E-state index contributed by atoms with van der Waals surface area (Å²) in [6.07, 6.45) is 0.473. The fourth-order valence-electron chi connectivity index (χ4n) is 3.70. The summed E-state index contributed by atoms with van der Waals surface area (Å²) in [7, 11) is 3.45. The van der Waals surface area contributed by atoms with Gasteiger partial charge in [-0.1, -0.05) is 11.3 Å². The predicted octanol–water partition coefficient (Wildman–Crippen LogP) is 1.99. The van der Waals surface area contributed by atoms with E-state index in [-0.39, 0.29) is 19.8 Å². The number of benzene rings is 1. The maximum Gasteiger partial charge on any atom is 0.506 e. The Morgan fingerprint density at radius 2 is 1.22 bits per heavy atom. The molecule has 0 aliphatic carbocycles. The summed E-state index contributed by atoms with van der Waals surface area (Å²) in [4.78, 5) is 10.8. The Labute approximate surface area is 270 Å². The van der Waals surface area contributed by atoms with Gasteiger partial charge in [0.1, 0.15) is 12.3 Å². The zero-order chi connectivity index (χ0) is 32.9. The van der Waals surface area contributed by atoms with E-state index in [1.807, 2.05) is 18.2 Å². The van der Waals surface area contributed by atoms with Crippen molar-refractivity contribution in [2.24, 2.45) is 0 Å². The number of hydrogen-bond acceptors (Lipinski definition) is 14. The minimum atomic E-state index is -1.32. The third-order valence-electron chi connectivity index (χ3n) is 6.07. The zero-order valence-electron chi connectivity index (χ0n) is 27.0. The van der Waals surface area contributed by atoms with Gasteiger partial charge in [0.2, 0.25) is 0 Å². The van der Waals surface area contributed by atoms with Crippen molar-refractivity contribution >= 4 is 11.8 Å². The number of carboxylic acid groups (broad SMARTS) is 1. The second-order valence-electron chi connectivity index (χ2n) is 9.53. The first-order chi connectivity index (χ1) is 22.6. The fourth-order valence-corrected chi connectivity index (χ4v) is 3.70. The minimum absolute atomic E-state index is 0.0499. The molecule has 2 N–H and O–H groups in total. The van der Waals surface area contributed by atoms with Crippen molar-refractivity contribution in [3.63, 3.8) is 0 Å². The SMILES string of the molecule is CNc1ccc(COC(=O)O)c(COCc2cn(CCOCCOCCOCCOCCOCCOCCOCCOC)nn2)c1. The lowest BCUT2D eigenvalue weighted by Gasteiger charge is -2.11. The lowest BCUT2D eigenvalue weighted by atomic mass is 10.1. The number of aromatic nitrogens is 3. The third-order valence-corrected chi connectivity index (χ3v) is 6.07. The van der Waals surface area contributed by atoms with E-state index in [9.17, 15) is 4.79 Å². The molecule has 2 aromatic rings. The van der Waals surface area contributed by atoms with Crippen LogP contribution in [0, 0.1) is 0 Å². The average Bonchev–Trinajstić information content (AvgIpc) is 3.51. The molecule has 0 bridgehead atoms. The zero-order valence-corrected chi connectivity index (χ0v) is 27.0. The van der Waals surface area contributed by atoms with Crippen LogP contribution < -0.4 is 5.32 Å². The summed E-state index contributed by atoms with van der Waals surface area (Å²) in [5.41, 5.74) is 3.12. The molecule has 16 heteroatoms. The van der Waals surface area contributed by atoms with Crippen molar-refractivity contribution in [2.45, 2.75) is 26.4 Å². The Bertz CT molecular complexity index is 1030. The van der Waals surface area contributed by atoms with Gasteiger partial charge in [-0.3, -0.25) is 0 Å². The molecule has 262 valence electrons. The van der Waals surface area contributed by atoms with E-state index < -0.39 is 6.16 Å². The Morgan fingerprint density at radius 1 is 0.696 bits per heavy atom. The fraction of sp³-hybridized carbons (Fsp3) is 0.700. The van der Waals surface area contributed by atoms with E-state index >= 15 is 0 Å². The molecule has 0 amide bonds. The number of ether oxygens (including phenoxy) is 10.